The third-order valence-electron chi connectivity index (χ3n) is 3.05. The highest BCUT2D eigenvalue weighted by Gasteiger charge is 2.32. The molecule has 0 aromatic heterocycles. The molecule has 0 radical (unpaired) electrons. The van der Waals surface area contributed by atoms with Crippen molar-refractivity contribution in [2.24, 2.45) is 0 Å². The predicted octanol–water partition coefficient (Wildman–Crippen LogP) is 4.71. The zero-order valence-corrected chi connectivity index (χ0v) is 14.8. The molecule has 0 saturated heterocycles. The molecule has 0 aliphatic heterocycles. The van der Waals surface area contributed by atoms with Crippen molar-refractivity contribution >= 4 is 31.6 Å². The summed E-state index contributed by atoms with van der Waals surface area (Å²) in [4.78, 5) is -0.00462. The van der Waals surface area contributed by atoms with Crippen molar-refractivity contribution < 1.29 is 26.3 Å². The maximum absolute atomic E-state index is 12.5. The fourth-order valence-corrected chi connectivity index (χ4v) is 3.82. The maximum Gasteiger partial charge on any atom is 0.573 e. The normalized spacial score (nSPS) is 12.0. The standard InChI is InChI=1S/C15H13BrF3NO3S/c1-2-10-9-11(16)7-8-14(10)24(21,22)20-12-5-3-4-6-13(12)23-15(17,18)19/h3-9,20H,2H2,1H3. The first-order chi connectivity index (χ1) is 11.1. The smallest absolute Gasteiger partial charge is 0.404 e. The third-order valence-corrected chi connectivity index (χ3v) is 5.01. The number of aryl methyl sites for hydroxylation is 1. The Morgan fingerprint density at radius 2 is 1.83 bits per heavy atom. The fourth-order valence-electron chi connectivity index (χ4n) is 2.05. The summed E-state index contributed by atoms with van der Waals surface area (Å²) in [6.07, 6.45) is -4.48. The quantitative estimate of drug-likeness (QED) is 0.757. The van der Waals surface area contributed by atoms with Gasteiger partial charge in [0.1, 0.15) is 0 Å². The van der Waals surface area contributed by atoms with E-state index in [0.717, 1.165) is 6.07 Å². The molecular formula is C15H13BrF3NO3S. The average molecular weight is 424 g/mol. The Morgan fingerprint density at radius 3 is 2.46 bits per heavy atom. The van der Waals surface area contributed by atoms with Gasteiger partial charge < -0.3 is 4.74 Å². The van der Waals surface area contributed by atoms with E-state index in [1.165, 1.54) is 24.3 Å². The lowest BCUT2D eigenvalue weighted by molar-refractivity contribution is -0.274. The van der Waals surface area contributed by atoms with Crippen LogP contribution in [0.2, 0.25) is 0 Å². The Bertz CT molecular complexity index is 838. The molecule has 0 spiro atoms. The van der Waals surface area contributed by atoms with Crippen LogP contribution in [0.1, 0.15) is 12.5 Å². The molecule has 0 unspecified atom stereocenters. The molecule has 0 saturated carbocycles. The van der Waals surface area contributed by atoms with E-state index in [0.29, 0.717) is 16.5 Å². The number of para-hydroxylation sites is 2. The van der Waals surface area contributed by atoms with Crippen molar-refractivity contribution in [2.45, 2.75) is 24.6 Å². The molecule has 0 amide bonds. The lowest BCUT2D eigenvalue weighted by atomic mass is 10.2. The number of sulfonamides is 1. The van der Waals surface area contributed by atoms with Gasteiger partial charge in [0.15, 0.2) is 5.75 Å². The Morgan fingerprint density at radius 1 is 1.17 bits per heavy atom. The van der Waals surface area contributed by atoms with Crippen LogP contribution in [-0.4, -0.2) is 14.8 Å². The zero-order chi connectivity index (χ0) is 18.0. The monoisotopic (exact) mass is 423 g/mol. The molecule has 2 aromatic carbocycles. The summed E-state index contributed by atoms with van der Waals surface area (Å²) >= 11 is 3.26. The topological polar surface area (TPSA) is 55.4 Å². The van der Waals surface area contributed by atoms with Gasteiger partial charge in [0, 0.05) is 4.47 Å². The molecule has 130 valence electrons. The van der Waals surface area contributed by atoms with E-state index in [2.05, 4.69) is 25.4 Å². The highest BCUT2D eigenvalue weighted by atomic mass is 79.9. The van der Waals surface area contributed by atoms with Crippen LogP contribution in [0.15, 0.2) is 51.8 Å². The van der Waals surface area contributed by atoms with Crippen LogP contribution in [0.5, 0.6) is 5.75 Å². The fraction of sp³-hybridized carbons (Fsp3) is 0.200. The Balaban J connectivity index is 2.41. The van der Waals surface area contributed by atoms with Crippen LogP contribution >= 0.6 is 15.9 Å². The predicted molar refractivity (Wildman–Crippen MR) is 87.5 cm³/mol. The lowest BCUT2D eigenvalue weighted by Crippen LogP contribution is -2.20. The van der Waals surface area contributed by atoms with Gasteiger partial charge in [-0.3, -0.25) is 4.72 Å². The second kappa shape index (κ2) is 7.02. The van der Waals surface area contributed by atoms with E-state index in [-0.39, 0.29) is 10.6 Å². The lowest BCUT2D eigenvalue weighted by Gasteiger charge is -2.16. The van der Waals surface area contributed by atoms with E-state index in [9.17, 15) is 21.6 Å². The highest BCUT2D eigenvalue weighted by Crippen LogP contribution is 2.32. The zero-order valence-electron chi connectivity index (χ0n) is 12.4. The summed E-state index contributed by atoms with van der Waals surface area (Å²) in [6.45, 7) is 1.78. The van der Waals surface area contributed by atoms with Gasteiger partial charge in [0.25, 0.3) is 10.0 Å². The van der Waals surface area contributed by atoms with Crippen LogP contribution in [0, 0.1) is 0 Å². The molecular weight excluding hydrogens is 411 g/mol. The van der Waals surface area contributed by atoms with Crippen molar-refractivity contribution in [2.75, 3.05) is 4.72 Å². The van der Waals surface area contributed by atoms with E-state index in [4.69, 9.17) is 0 Å². The minimum atomic E-state index is -4.92. The van der Waals surface area contributed by atoms with Gasteiger partial charge in [-0.1, -0.05) is 35.0 Å². The molecule has 0 aliphatic carbocycles. The minimum Gasteiger partial charge on any atom is -0.404 e. The Kier molecular flexibility index (Phi) is 5.44. The Hall–Kier alpha value is -1.74. The number of benzene rings is 2. The molecule has 9 heteroatoms. The van der Waals surface area contributed by atoms with Gasteiger partial charge in [-0.2, -0.15) is 0 Å². The molecule has 2 aromatic rings. The summed E-state index contributed by atoms with van der Waals surface area (Å²) in [5, 5.41) is 0. The van der Waals surface area contributed by atoms with Crippen LogP contribution in [0.4, 0.5) is 18.9 Å². The summed E-state index contributed by atoms with van der Waals surface area (Å²) in [7, 11) is -4.07. The first kappa shape index (κ1) is 18.6. The maximum atomic E-state index is 12.5. The number of ether oxygens (including phenoxy) is 1. The van der Waals surface area contributed by atoms with E-state index < -0.39 is 22.1 Å². The van der Waals surface area contributed by atoms with Crippen LogP contribution < -0.4 is 9.46 Å². The van der Waals surface area contributed by atoms with Gasteiger partial charge in [-0.05, 0) is 42.3 Å². The number of nitrogens with one attached hydrogen (secondary N) is 1. The summed E-state index contributed by atoms with van der Waals surface area (Å²) < 4.78 is 69.1. The molecule has 0 heterocycles. The van der Waals surface area contributed by atoms with Crippen LogP contribution in [0.25, 0.3) is 0 Å². The second-order valence-corrected chi connectivity index (χ2v) is 7.32. The minimum absolute atomic E-state index is 0.00462. The molecule has 0 atom stereocenters. The molecule has 0 fully saturated rings. The molecule has 0 aliphatic rings. The SMILES string of the molecule is CCc1cc(Br)ccc1S(=O)(=O)Nc1ccccc1OC(F)(F)F. The molecule has 1 N–H and O–H groups in total. The van der Waals surface area contributed by atoms with Gasteiger partial charge in [0.2, 0.25) is 0 Å². The third kappa shape index (κ3) is 4.64. The van der Waals surface area contributed by atoms with Gasteiger partial charge >= 0.3 is 6.36 Å². The number of rotatable bonds is 5. The number of anilines is 1. The first-order valence-corrected chi connectivity index (χ1v) is 9.06. The first-order valence-electron chi connectivity index (χ1n) is 6.78. The van der Waals surface area contributed by atoms with Crippen molar-refractivity contribution in [1.82, 2.24) is 0 Å². The van der Waals surface area contributed by atoms with Gasteiger partial charge in [-0.15, -0.1) is 13.2 Å². The molecule has 0 bridgehead atoms. The van der Waals surface area contributed by atoms with Crippen molar-refractivity contribution in [3.8, 4) is 5.75 Å². The van der Waals surface area contributed by atoms with Gasteiger partial charge in [-0.25, -0.2) is 8.42 Å². The number of halogens is 4. The second-order valence-electron chi connectivity index (χ2n) is 4.76. The average Bonchev–Trinajstić information content (AvgIpc) is 2.47. The number of hydrogen-bond donors (Lipinski definition) is 1. The van der Waals surface area contributed by atoms with E-state index >= 15 is 0 Å². The van der Waals surface area contributed by atoms with E-state index in [1.54, 1.807) is 19.1 Å². The Labute approximate surface area is 145 Å². The van der Waals surface area contributed by atoms with Crippen LogP contribution in [0.3, 0.4) is 0 Å². The van der Waals surface area contributed by atoms with Crippen molar-refractivity contribution in [3.05, 3.63) is 52.5 Å². The van der Waals surface area contributed by atoms with E-state index in [1.807, 2.05) is 0 Å². The van der Waals surface area contributed by atoms with Crippen LogP contribution in [-0.2, 0) is 16.4 Å². The van der Waals surface area contributed by atoms with Crippen molar-refractivity contribution in [3.63, 3.8) is 0 Å². The van der Waals surface area contributed by atoms with Crippen molar-refractivity contribution in [1.29, 1.82) is 0 Å². The van der Waals surface area contributed by atoms with Gasteiger partial charge in [0.05, 0.1) is 10.6 Å². The summed E-state index contributed by atoms with van der Waals surface area (Å²) in [5.74, 6) is -0.622. The number of hydrogen-bond acceptors (Lipinski definition) is 3. The molecule has 24 heavy (non-hydrogen) atoms. The summed E-state index contributed by atoms with van der Waals surface area (Å²) in [6, 6.07) is 9.53. The summed E-state index contributed by atoms with van der Waals surface area (Å²) in [5.41, 5.74) is 0.242. The number of alkyl halides is 3. The largest absolute Gasteiger partial charge is 0.573 e. The molecule has 4 nitrogen and oxygen atoms in total. The highest BCUT2D eigenvalue weighted by molar-refractivity contribution is 9.10. The molecule has 2 rings (SSSR count).